The Morgan fingerprint density at radius 3 is 3.00 bits per heavy atom. The molecule has 0 aliphatic rings. The van der Waals surface area contributed by atoms with Gasteiger partial charge in [-0.1, -0.05) is 12.6 Å². The fourth-order valence-electron chi connectivity index (χ4n) is 1.53. The Hall–Kier alpha value is -2.08. The lowest BCUT2D eigenvalue weighted by molar-refractivity contribution is -0.111. The number of anilines is 1. The van der Waals surface area contributed by atoms with E-state index in [1.807, 2.05) is 12.1 Å². The van der Waals surface area contributed by atoms with E-state index in [4.69, 9.17) is 4.74 Å². The zero-order chi connectivity index (χ0) is 13.8. The van der Waals surface area contributed by atoms with Gasteiger partial charge in [0.25, 0.3) is 0 Å². The summed E-state index contributed by atoms with van der Waals surface area (Å²) >= 11 is 3.35. The number of ether oxygens (including phenoxy) is 1. The Bertz CT molecular complexity index is 622. The molecule has 0 spiro atoms. The average Bonchev–Trinajstić information content (AvgIpc) is 2.80. The molecule has 98 valence electrons. The third-order valence-corrected chi connectivity index (χ3v) is 2.94. The number of hydrogen-bond acceptors (Lipinski definition) is 3. The van der Waals surface area contributed by atoms with Crippen LogP contribution < -0.4 is 10.1 Å². The van der Waals surface area contributed by atoms with E-state index in [9.17, 15) is 4.79 Å². The number of carbonyl (C=O) groups excluding carboxylic acids is 1. The molecule has 0 aliphatic heterocycles. The van der Waals surface area contributed by atoms with Crippen LogP contribution in [-0.4, -0.2) is 22.8 Å². The fraction of sp³-hybridized carbons (Fsp3) is 0.0769. The van der Waals surface area contributed by atoms with Gasteiger partial charge in [-0.15, -0.1) is 5.10 Å². The van der Waals surface area contributed by atoms with Crippen LogP contribution in [0.3, 0.4) is 0 Å². The lowest BCUT2D eigenvalue weighted by Gasteiger charge is -2.05. The molecule has 1 heterocycles. The van der Waals surface area contributed by atoms with E-state index < -0.39 is 0 Å². The monoisotopic (exact) mass is 321 g/mol. The van der Waals surface area contributed by atoms with E-state index in [1.54, 1.807) is 30.1 Å². The predicted octanol–water partition coefficient (Wildman–Crippen LogP) is 2.77. The van der Waals surface area contributed by atoms with E-state index >= 15 is 0 Å². The number of rotatable bonds is 4. The molecule has 2 rings (SSSR count). The smallest absolute Gasteiger partial charge is 0.247 e. The molecule has 0 saturated heterocycles. The zero-order valence-electron chi connectivity index (χ0n) is 10.3. The highest BCUT2D eigenvalue weighted by atomic mass is 79.9. The molecule has 0 radical (unpaired) electrons. The van der Waals surface area contributed by atoms with E-state index in [0.717, 1.165) is 10.2 Å². The normalized spacial score (nSPS) is 10.0. The first-order chi connectivity index (χ1) is 9.13. The molecule has 6 heteroatoms. The van der Waals surface area contributed by atoms with Crippen LogP contribution in [0.25, 0.3) is 5.69 Å². The lowest BCUT2D eigenvalue weighted by atomic mass is 10.2. The standard InChI is InChI=1S/C13H12BrN3O2/c1-3-12(18)15-9-5-4-6-10(7-9)17-8-11(14)13(16-17)19-2/h3-8H,1H2,2H3,(H,15,18). The van der Waals surface area contributed by atoms with Crippen LogP contribution in [0.2, 0.25) is 0 Å². The van der Waals surface area contributed by atoms with Gasteiger partial charge in [-0.3, -0.25) is 4.79 Å². The van der Waals surface area contributed by atoms with Crippen LogP contribution in [0.4, 0.5) is 5.69 Å². The molecule has 0 atom stereocenters. The number of halogens is 1. The number of nitrogens with one attached hydrogen (secondary N) is 1. The number of benzene rings is 1. The number of amides is 1. The summed E-state index contributed by atoms with van der Waals surface area (Å²) in [6, 6.07) is 7.31. The lowest BCUT2D eigenvalue weighted by Crippen LogP contribution is -2.07. The van der Waals surface area contributed by atoms with Crippen LogP contribution in [0.1, 0.15) is 0 Å². The maximum absolute atomic E-state index is 11.3. The summed E-state index contributed by atoms with van der Waals surface area (Å²) in [5.41, 5.74) is 1.49. The second-order valence-corrected chi connectivity index (χ2v) is 4.53. The molecule has 0 unspecified atom stereocenters. The second-order valence-electron chi connectivity index (χ2n) is 3.67. The first kappa shape index (κ1) is 13.4. The molecule has 0 bridgehead atoms. The van der Waals surface area contributed by atoms with Crippen molar-refractivity contribution in [3.8, 4) is 11.6 Å². The molecule has 5 nitrogen and oxygen atoms in total. The minimum Gasteiger partial charge on any atom is -0.479 e. The molecule has 0 fully saturated rings. The van der Waals surface area contributed by atoms with Crippen LogP contribution >= 0.6 is 15.9 Å². The summed E-state index contributed by atoms with van der Waals surface area (Å²) in [5, 5.41) is 6.95. The van der Waals surface area contributed by atoms with Crippen molar-refractivity contribution in [2.24, 2.45) is 0 Å². The van der Waals surface area contributed by atoms with Gasteiger partial charge in [0.2, 0.25) is 11.8 Å². The minimum absolute atomic E-state index is 0.253. The Balaban J connectivity index is 2.31. The van der Waals surface area contributed by atoms with E-state index in [-0.39, 0.29) is 5.91 Å². The summed E-state index contributed by atoms with van der Waals surface area (Å²) in [7, 11) is 1.55. The van der Waals surface area contributed by atoms with Gasteiger partial charge in [0.05, 0.1) is 17.3 Å². The zero-order valence-corrected chi connectivity index (χ0v) is 11.8. The largest absolute Gasteiger partial charge is 0.479 e. The SMILES string of the molecule is C=CC(=O)Nc1cccc(-n2cc(Br)c(OC)n2)c1. The third-order valence-electron chi connectivity index (χ3n) is 2.40. The van der Waals surface area contributed by atoms with Crippen molar-refractivity contribution in [3.63, 3.8) is 0 Å². The highest BCUT2D eigenvalue weighted by Crippen LogP contribution is 2.24. The Morgan fingerprint density at radius 1 is 1.58 bits per heavy atom. The number of aromatic nitrogens is 2. The highest BCUT2D eigenvalue weighted by molar-refractivity contribution is 9.10. The van der Waals surface area contributed by atoms with Crippen LogP contribution in [-0.2, 0) is 4.79 Å². The quantitative estimate of drug-likeness (QED) is 0.881. The van der Waals surface area contributed by atoms with Crippen molar-refractivity contribution >= 4 is 27.5 Å². The summed E-state index contributed by atoms with van der Waals surface area (Å²) in [4.78, 5) is 11.3. The summed E-state index contributed by atoms with van der Waals surface area (Å²) in [6.07, 6.45) is 3.01. The molecular formula is C13H12BrN3O2. The molecule has 1 N–H and O–H groups in total. The van der Waals surface area contributed by atoms with Gasteiger partial charge in [-0.2, -0.15) is 0 Å². The van der Waals surface area contributed by atoms with Crippen molar-refractivity contribution < 1.29 is 9.53 Å². The van der Waals surface area contributed by atoms with Crippen molar-refractivity contribution in [2.45, 2.75) is 0 Å². The molecule has 1 aromatic heterocycles. The number of methoxy groups -OCH3 is 1. The van der Waals surface area contributed by atoms with Crippen molar-refractivity contribution in [3.05, 3.63) is 47.6 Å². The summed E-state index contributed by atoms with van der Waals surface area (Å²) in [6.45, 7) is 3.41. The van der Waals surface area contributed by atoms with Gasteiger partial charge in [0.1, 0.15) is 0 Å². The number of carbonyl (C=O) groups is 1. The highest BCUT2D eigenvalue weighted by Gasteiger charge is 2.08. The predicted molar refractivity (Wildman–Crippen MR) is 76.6 cm³/mol. The first-order valence-corrected chi connectivity index (χ1v) is 6.26. The molecule has 2 aromatic rings. The average molecular weight is 322 g/mol. The van der Waals surface area contributed by atoms with Crippen LogP contribution in [0, 0.1) is 0 Å². The first-order valence-electron chi connectivity index (χ1n) is 5.47. The van der Waals surface area contributed by atoms with Gasteiger partial charge in [-0.05, 0) is 40.2 Å². The fourth-order valence-corrected chi connectivity index (χ4v) is 1.96. The molecule has 1 aromatic carbocycles. The van der Waals surface area contributed by atoms with Crippen molar-refractivity contribution in [1.29, 1.82) is 0 Å². The topological polar surface area (TPSA) is 56.2 Å². The number of nitrogens with zero attached hydrogens (tertiary/aromatic N) is 2. The van der Waals surface area contributed by atoms with E-state index in [0.29, 0.717) is 11.6 Å². The minimum atomic E-state index is -0.253. The van der Waals surface area contributed by atoms with Gasteiger partial charge in [0.15, 0.2) is 0 Å². The summed E-state index contributed by atoms with van der Waals surface area (Å²) < 4.78 is 7.52. The van der Waals surface area contributed by atoms with Gasteiger partial charge in [-0.25, -0.2) is 4.68 Å². The van der Waals surface area contributed by atoms with Crippen LogP contribution in [0.15, 0.2) is 47.6 Å². The molecule has 0 saturated carbocycles. The molecule has 19 heavy (non-hydrogen) atoms. The third kappa shape index (κ3) is 3.03. The summed E-state index contributed by atoms with van der Waals surface area (Å²) in [5.74, 6) is 0.247. The Morgan fingerprint density at radius 2 is 2.37 bits per heavy atom. The second kappa shape index (κ2) is 5.71. The Kier molecular flexibility index (Phi) is 4.01. The number of hydrogen-bond donors (Lipinski definition) is 1. The molecule has 1 amide bonds. The van der Waals surface area contributed by atoms with E-state index in [2.05, 4.69) is 32.9 Å². The van der Waals surface area contributed by atoms with E-state index in [1.165, 1.54) is 6.08 Å². The van der Waals surface area contributed by atoms with Crippen molar-refractivity contribution in [2.75, 3.05) is 12.4 Å². The van der Waals surface area contributed by atoms with Gasteiger partial charge < -0.3 is 10.1 Å². The maximum atomic E-state index is 11.3. The van der Waals surface area contributed by atoms with Crippen molar-refractivity contribution in [1.82, 2.24) is 9.78 Å². The van der Waals surface area contributed by atoms with Crippen LogP contribution in [0.5, 0.6) is 5.88 Å². The Labute approximate surface area is 119 Å². The maximum Gasteiger partial charge on any atom is 0.247 e. The van der Waals surface area contributed by atoms with Gasteiger partial charge >= 0.3 is 0 Å². The molecule has 0 aliphatic carbocycles. The van der Waals surface area contributed by atoms with Gasteiger partial charge in [0, 0.05) is 11.9 Å². The molecular weight excluding hydrogens is 310 g/mol.